The second-order valence-electron chi connectivity index (χ2n) is 11.2. The largest absolute Gasteiger partial charge is 0.456 e. The zero-order valence-corrected chi connectivity index (χ0v) is 24.1. The van der Waals surface area contributed by atoms with Gasteiger partial charge in [-0.05, 0) is 59.3 Å². The van der Waals surface area contributed by atoms with Crippen LogP contribution in [0.2, 0.25) is 0 Å². The van der Waals surface area contributed by atoms with Crippen molar-refractivity contribution in [2.75, 3.05) is 4.90 Å². The number of fused-ring (bicyclic) bond motifs is 10. The van der Waals surface area contributed by atoms with Crippen molar-refractivity contribution in [3.63, 3.8) is 0 Å². The molecule has 0 radical (unpaired) electrons. The number of aromatic nitrogens is 1. The van der Waals surface area contributed by atoms with E-state index in [0.717, 1.165) is 66.5 Å². The highest BCUT2D eigenvalue weighted by molar-refractivity contribution is 7.25. The van der Waals surface area contributed by atoms with Gasteiger partial charge in [-0.15, -0.1) is 11.3 Å². The summed E-state index contributed by atoms with van der Waals surface area (Å²) in [5.74, 6) is 0.775. The van der Waals surface area contributed by atoms with Gasteiger partial charge < -0.3 is 8.83 Å². The number of para-hydroxylation sites is 1. The molecule has 0 amide bonds. The van der Waals surface area contributed by atoms with E-state index in [-0.39, 0.29) is 0 Å². The molecule has 206 valence electrons. The summed E-state index contributed by atoms with van der Waals surface area (Å²) >= 11 is 1.81. The molecule has 5 heteroatoms. The predicted octanol–water partition coefficient (Wildman–Crippen LogP) is 11.9. The maximum absolute atomic E-state index is 6.46. The van der Waals surface area contributed by atoms with Gasteiger partial charge in [-0.1, -0.05) is 66.7 Å². The highest BCUT2D eigenvalue weighted by Crippen LogP contribution is 2.43. The molecule has 10 rings (SSSR count). The number of pyridine rings is 1. The Morgan fingerprint density at radius 3 is 2.00 bits per heavy atom. The van der Waals surface area contributed by atoms with Crippen LogP contribution in [0.25, 0.3) is 74.8 Å². The van der Waals surface area contributed by atoms with Gasteiger partial charge in [0.15, 0.2) is 0 Å². The number of thiophene rings is 1. The Hall–Kier alpha value is -5.65. The number of nitrogens with zero attached hydrogens (tertiary/aromatic N) is 2. The van der Waals surface area contributed by atoms with Gasteiger partial charge in [-0.3, -0.25) is 4.90 Å². The molecular weight excluding hydrogens is 561 g/mol. The number of rotatable bonds is 3. The van der Waals surface area contributed by atoms with Crippen LogP contribution in [0.3, 0.4) is 0 Å². The molecule has 44 heavy (non-hydrogen) atoms. The van der Waals surface area contributed by atoms with Crippen LogP contribution >= 0.6 is 11.3 Å². The molecule has 10 aromatic rings. The first-order valence-electron chi connectivity index (χ1n) is 14.6. The van der Waals surface area contributed by atoms with Gasteiger partial charge in [-0.2, -0.15) is 0 Å². The van der Waals surface area contributed by atoms with Crippen molar-refractivity contribution < 1.29 is 8.83 Å². The molecule has 4 nitrogen and oxygen atoms in total. The molecule has 0 unspecified atom stereocenters. The summed E-state index contributed by atoms with van der Waals surface area (Å²) in [6.45, 7) is 0. The summed E-state index contributed by atoms with van der Waals surface area (Å²) in [5, 5.41) is 9.16. The minimum absolute atomic E-state index is 0.775. The Labute approximate surface area is 255 Å². The van der Waals surface area contributed by atoms with Gasteiger partial charge in [-0.25, -0.2) is 4.98 Å². The fourth-order valence-electron chi connectivity index (χ4n) is 6.59. The smallest absolute Gasteiger partial charge is 0.141 e. The van der Waals surface area contributed by atoms with Crippen LogP contribution in [-0.2, 0) is 0 Å². The molecule has 0 spiro atoms. The molecule has 0 saturated carbocycles. The van der Waals surface area contributed by atoms with Crippen molar-refractivity contribution >= 4 is 103 Å². The number of furan rings is 2. The molecule has 0 aliphatic heterocycles. The maximum atomic E-state index is 6.46. The fraction of sp³-hybridized carbons (Fsp3) is 0. The van der Waals surface area contributed by atoms with E-state index in [1.54, 1.807) is 0 Å². The third kappa shape index (κ3) is 3.47. The minimum atomic E-state index is 0.775. The zero-order chi connectivity index (χ0) is 28.8. The van der Waals surface area contributed by atoms with E-state index >= 15 is 0 Å². The van der Waals surface area contributed by atoms with Gasteiger partial charge in [0, 0.05) is 65.7 Å². The molecule has 0 fully saturated rings. The van der Waals surface area contributed by atoms with E-state index in [0.29, 0.717) is 0 Å². The van der Waals surface area contributed by atoms with Crippen LogP contribution in [0.4, 0.5) is 17.2 Å². The lowest BCUT2D eigenvalue weighted by molar-refractivity contribution is 0.669. The van der Waals surface area contributed by atoms with Gasteiger partial charge in [0.05, 0.1) is 5.69 Å². The zero-order valence-electron chi connectivity index (χ0n) is 23.3. The quantitative estimate of drug-likeness (QED) is 0.208. The third-order valence-corrected chi connectivity index (χ3v) is 9.81. The van der Waals surface area contributed by atoms with Crippen molar-refractivity contribution in [1.82, 2.24) is 4.98 Å². The van der Waals surface area contributed by atoms with Gasteiger partial charge >= 0.3 is 0 Å². The fourth-order valence-corrected chi connectivity index (χ4v) is 7.73. The third-order valence-electron chi connectivity index (χ3n) is 8.68. The van der Waals surface area contributed by atoms with Crippen LogP contribution in [0.15, 0.2) is 142 Å². The summed E-state index contributed by atoms with van der Waals surface area (Å²) < 4.78 is 15.3. The van der Waals surface area contributed by atoms with Crippen LogP contribution in [0, 0.1) is 0 Å². The van der Waals surface area contributed by atoms with Gasteiger partial charge in [0.1, 0.15) is 28.1 Å². The molecule has 6 aromatic carbocycles. The number of anilines is 3. The molecule has 0 atom stereocenters. The van der Waals surface area contributed by atoms with Crippen LogP contribution in [0.5, 0.6) is 0 Å². The molecule has 0 aliphatic carbocycles. The summed E-state index contributed by atoms with van der Waals surface area (Å²) in [4.78, 5) is 7.24. The van der Waals surface area contributed by atoms with Crippen molar-refractivity contribution in [2.45, 2.75) is 0 Å². The van der Waals surface area contributed by atoms with E-state index in [2.05, 4.69) is 114 Å². The first-order valence-corrected chi connectivity index (χ1v) is 15.4. The van der Waals surface area contributed by atoms with E-state index < -0.39 is 0 Å². The Balaban J connectivity index is 1.20. The number of hydrogen-bond donors (Lipinski definition) is 0. The van der Waals surface area contributed by atoms with Crippen molar-refractivity contribution in [1.29, 1.82) is 0 Å². The first-order chi connectivity index (χ1) is 21.8. The molecule has 4 aromatic heterocycles. The lowest BCUT2D eigenvalue weighted by Crippen LogP contribution is -2.11. The lowest BCUT2D eigenvalue weighted by atomic mass is 10.1. The number of benzene rings is 6. The van der Waals surface area contributed by atoms with E-state index in [1.165, 1.54) is 25.6 Å². The van der Waals surface area contributed by atoms with E-state index in [1.807, 2.05) is 35.7 Å². The Kier molecular flexibility index (Phi) is 4.84. The second kappa shape index (κ2) is 8.93. The summed E-state index contributed by atoms with van der Waals surface area (Å²) in [5.41, 5.74) is 5.37. The first kappa shape index (κ1) is 23.9. The second-order valence-corrected chi connectivity index (χ2v) is 12.3. The van der Waals surface area contributed by atoms with Crippen LogP contribution in [0.1, 0.15) is 0 Å². The molecule has 4 heterocycles. The Bertz CT molecular complexity index is 2640. The van der Waals surface area contributed by atoms with Crippen LogP contribution in [-0.4, -0.2) is 4.98 Å². The average molecular weight is 583 g/mol. The maximum Gasteiger partial charge on any atom is 0.141 e. The average Bonchev–Trinajstić information content (AvgIpc) is 3.73. The molecule has 0 aliphatic rings. The summed E-state index contributed by atoms with van der Waals surface area (Å²) in [7, 11) is 0. The van der Waals surface area contributed by atoms with Crippen molar-refractivity contribution in [3.05, 3.63) is 134 Å². The minimum Gasteiger partial charge on any atom is -0.456 e. The van der Waals surface area contributed by atoms with Gasteiger partial charge in [0.2, 0.25) is 0 Å². The molecule has 0 N–H and O–H groups in total. The summed E-state index contributed by atoms with van der Waals surface area (Å²) in [6.07, 6.45) is 1.94. The predicted molar refractivity (Wildman–Crippen MR) is 184 cm³/mol. The normalized spacial score (nSPS) is 12.1. The lowest BCUT2D eigenvalue weighted by Gasteiger charge is -2.24. The Morgan fingerprint density at radius 1 is 0.455 bits per heavy atom. The van der Waals surface area contributed by atoms with Crippen molar-refractivity contribution in [2.24, 2.45) is 0 Å². The van der Waals surface area contributed by atoms with Crippen molar-refractivity contribution in [3.8, 4) is 0 Å². The van der Waals surface area contributed by atoms with Crippen LogP contribution < -0.4 is 4.90 Å². The number of hydrogen-bond acceptors (Lipinski definition) is 5. The molecule has 0 bridgehead atoms. The highest BCUT2D eigenvalue weighted by Gasteiger charge is 2.20. The Morgan fingerprint density at radius 2 is 1.09 bits per heavy atom. The van der Waals surface area contributed by atoms with E-state index in [4.69, 9.17) is 13.8 Å². The SMILES string of the molecule is c1ccc2cc3c(cc2c1)oc1cc(N(c2ccc4c(c2)oc2ccccc24)c2ccc4c(c2)sc2ccccc24)ncc13. The monoisotopic (exact) mass is 582 g/mol. The molecular formula is C39H22N2O2S. The standard InChI is InChI=1S/C39H22N2O2S/c1-2-8-24-18-34-31(17-23(24)7-1)32-22-40-39(21-36(32)43-34)41(25-13-15-28-27-9-3-5-11-33(27)42-35(28)19-25)26-14-16-30-29-10-4-6-12-37(29)44-38(30)20-26/h1-22H. The van der Waals surface area contributed by atoms with Gasteiger partial charge in [0.25, 0.3) is 0 Å². The highest BCUT2D eigenvalue weighted by atomic mass is 32.1. The topological polar surface area (TPSA) is 42.4 Å². The molecule has 0 saturated heterocycles. The summed E-state index contributed by atoms with van der Waals surface area (Å²) in [6, 6.07) is 44.6. The van der Waals surface area contributed by atoms with E-state index in [9.17, 15) is 0 Å².